The third kappa shape index (κ3) is 3.30. The zero-order chi connectivity index (χ0) is 18.8. The van der Waals surface area contributed by atoms with E-state index in [2.05, 4.69) is 25.9 Å². The number of hydrogen-bond acceptors (Lipinski definition) is 6. The fourth-order valence-electron chi connectivity index (χ4n) is 3.07. The second kappa shape index (κ2) is 7.00. The van der Waals surface area contributed by atoms with Gasteiger partial charge in [0.1, 0.15) is 18.2 Å². The number of carbonyl (C=O) groups excluding carboxylic acids is 2. The molecule has 3 aromatic rings. The van der Waals surface area contributed by atoms with Crippen LogP contribution in [0.25, 0.3) is 22.0 Å². The molecule has 0 spiro atoms. The number of aliphatic hydroxyl groups excluding tert-OH is 1. The first-order chi connectivity index (χ1) is 13.2. The Hall–Kier alpha value is -3.52. The number of rotatable bonds is 5. The maximum Gasteiger partial charge on any atom is 0.322 e. The van der Waals surface area contributed by atoms with Gasteiger partial charge in [-0.15, -0.1) is 0 Å². The number of carbonyl (C=O) groups is 2. The van der Waals surface area contributed by atoms with Crippen molar-refractivity contribution in [1.29, 1.82) is 0 Å². The van der Waals surface area contributed by atoms with Crippen molar-refractivity contribution >= 4 is 28.7 Å². The van der Waals surface area contributed by atoms with Gasteiger partial charge in [-0.25, -0.2) is 14.8 Å². The third-order valence-electron chi connectivity index (χ3n) is 4.39. The van der Waals surface area contributed by atoms with Gasteiger partial charge in [-0.3, -0.25) is 10.1 Å². The lowest BCUT2D eigenvalue weighted by molar-refractivity contribution is -0.120. The molecule has 8 nitrogen and oxygen atoms in total. The average Bonchev–Trinajstić information content (AvgIpc) is 3.04. The summed E-state index contributed by atoms with van der Waals surface area (Å²) in [5.74, 6) is 0.313. The highest BCUT2D eigenvalue weighted by atomic mass is 16.3. The fourth-order valence-corrected chi connectivity index (χ4v) is 3.07. The molecule has 0 aliphatic carbocycles. The van der Waals surface area contributed by atoms with E-state index < -0.39 is 12.1 Å². The molecule has 2 heterocycles. The molecule has 0 unspecified atom stereocenters. The fraction of sp³-hybridized carbons (Fsp3) is 0.158. The lowest BCUT2D eigenvalue weighted by Gasteiger charge is -2.11. The molecule has 1 aromatic heterocycles. The Morgan fingerprint density at radius 3 is 2.52 bits per heavy atom. The van der Waals surface area contributed by atoms with E-state index in [1.807, 2.05) is 42.5 Å². The van der Waals surface area contributed by atoms with Crippen LogP contribution in [0.15, 0.2) is 48.8 Å². The summed E-state index contributed by atoms with van der Waals surface area (Å²) in [4.78, 5) is 31.6. The molecule has 8 heteroatoms. The van der Waals surface area contributed by atoms with Gasteiger partial charge in [0, 0.05) is 11.9 Å². The van der Waals surface area contributed by atoms with E-state index >= 15 is 0 Å². The van der Waals surface area contributed by atoms with E-state index in [4.69, 9.17) is 5.11 Å². The molecule has 1 saturated heterocycles. The van der Waals surface area contributed by atoms with Crippen molar-refractivity contribution in [3.8, 4) is 11.1 Å². The topological polar surface area (TPSA) is 116 Å². The number of anilines is 1. The normalized spacial score (nSPS) is 16.3. The Labute approximate surface area is 154 Å². The van der Waals surface area contributed by atoms with Crippen LogP contribution in [-0.2, 0) is 4.79 Å². The minimum absolute atomic E-state index is 0.0118. The summed E-state index contributed by atoms with van der Waals surface area (Å²) in [7, 11) is 0. The number of nitrogens with zero attached hydrogens (tertiary/aromatic N) is 2. The van der Waals surface area contributed by atoms with Crippen LogP contribution in [0.3, 0.4) is 0 Å². The van der Waals surface area contributed by atoms with E-state index in [0.717, 1.165) is 27.6 Å². The van der Waals surface area contributed by atoms with E-state index in [9.17, 15) is 9.59 Å². The van der Waals surface area contributed by atoms with Gasteiger partial charge in [0.25, 0.3) is 5.91 Å². The SMILES string of the molecule is O=C1NC(=O)[C@@H](c2ccc(-c3ccc4ncnc(NCCO)c4c3)cc2)N1. The zero-order valence-corrected chi connectivity index (χ0v) is 14.3. The molecule has 0 radical (unpaired) electrons. The molecule has 1 fully saturated rings. The first-order valence-corrected chi connectivity index (χ1v) is 8.47. The first kappa shape index (κ1) is 16.9. The number of aromatic nitrogens is 2. The lowest BCUT2D eigenvalue weighted by Crippen LogP contribution is -2.22. The predicted octanol–water partition coefficient (Wildman–Crippen LogP) is 1.58. The van der Waals surface area contributed by atoms with Crippen LogP contribution in [0.4, 0.5) is 10.6 Å². The summed E-state index contributed by atoms with van der Waals surface area (Å²) in [5, 5.41) is 17.8. The Morgan fingerprint density at radius 2 is 1.81 bits per heavy atom. The molecule has 0 saturated carbocycles. The summed E-state index contributed by atoms with van der Waals surface area (Å²) in [6.45, 7) is 0.415. The summed E-state index contributed by atoms with van der Waals surface area (Å²) >= 11 is 0. The molecule has 3 amide bonds. The average molecular weight is 363 g/mol. The van der Waals surface area contributed by atoms with Gasteiger partial charge in [0.15, 0.2) is 0 Å². The highest BCUT2D eigenvalue weighted by Gasteiger charge is 2.30. The summed E-state index contributed by atoms with van der Waals surface area (Å²) in [5.41, 5.74) is 3.45. The maximum absolute atomic E-state index is 11.8. The van der Waals surface area contributed by atoms with Gasteiger partial charge >= 0.3 is 6.03 Å². The predicted molar refractivity (Wildman–Crippen MR) is 100.0 cm³/mol. The van der Waals surface area contributed by atoms with Gasteiger partial charge in [-0.05, 0) is 28.8 Å². The number of benzene rings is 2. The maximum atomic E-state index is 11.8. The van der Waals surface area contributed by atoms with Crippen LogP contribution in [-0.4, -0.2) is 40.2 Å². The number of amides is 3. The highest BCUT2D eigenvalue weighted by molar-refractivity contribution is 6.04. The number of urea groups is 1. The van der Waals surface area contributed by atoms with Crippen LogP contribution in [0, 0.1) is 0 Å². The van der Waals surface area contributed by atoms with Crippen molar-refractivity contribution in [2.24, 2.45) is 0 Å². The molecule has 27 heavy (non-hydrogen) atoms. The van der Waals surface area contributed by atoms with Crippen molar-refractivity contribution in [3.63, 3.8) is 0 Å². The van der Waals surface area contributed by atoms with Gasteiger partial charge in [-0.1, -0.05) is 30.3 Å². The molecule has 1 aliphatic heterocycles. The standard InChI is InChI=1S/C19H17N5O3/c25-8-7-20-17-14-9-13(5-6-15(14)21-10-22-17)11-1-3-12(4-2-11)16-18(26)24-19(27)23-16/h1-6,9-10,16,25H,7-8H2,(H,20,21,22)(H2,23,24,26,27)/t16-/m1/s1. The number of nitrogens with one attached hydrogen (secondary N) is 3. The minimum atomic E-state index is -0.661. The Balaban J connectivity index is 1.66. The van der Waals surface area contributed by atoms with Crippen molar-refractivity contribution in [2.75, 3.05) is 18.5 Å². The molecule has 4 N–H and O–H groups in total. The quantitative estimate of drug-likeness (QED) is 0.512. The summed E-state index contributed by atoms with van der Waals surface area (Å²) in [6, 6.07) is 12.2. The molecule has 136 valence electrons. The molecule has 2 aromatic carbocycles. The largest absolute Gasteiger partial charge is 0.395 e. The Kier molecular flexibility index (Phi) is 4.39. The van der Waals surface area contributed by atoms with Gasteiger partial charge in [0.05, 0.1) is 12.1 Å². The van der Waals surface area contributed by atoms with Gasteiger partial charge < -0.3 is 15.7 Å². The zero-order valence-electron chi connectivity index (χ0n) is 14.3. The number of fused-ring (bicyclic) bond motifs is 1. The van der Waals surface area contributed by atoms with E-state index in [-0.39, 0.29) is 12.5 Å². The second-order valence-electron chi connectivity index (χ2n) is 6.12. The molecule has 1 atom stereocenters. The van der Waals surface area contributed by atoms with Crippen molar-refractivity contribution < 1.29 is 14.7 Å². The van der Waals surface area contributed by atoms with Crippen LogP contribution < -0.4 is 16.0 Å². The Bertz CT molecular complexity index is 1020. The van der Waals surface area contributed by atoms with E-state index in [0.29, 0.717) is 12.4 Å². The van der Waals surface area contributed by atoms with Gasteiger partial charge in [-0.2, -0.15) is 0 Å². The van der Waals surface area contributed by atoms with Crippen molar-refractivity contribution in [2.45, 2.75) is 6.04 Å². The first-order valence-electron chi connectivity index (χ1n) is 8.47. The molecule has 4 rings (SSSR count). The van der Waals surface area contributed by atoms with Crippen LogP contribution >= 0.6 is 0 Å². The lowest BCUT2D eigenvalue weighted by atomic mass is 9.99. The van der Waals surface area contributed by atoms with Crippen LogP contribution in [0.2, 0.25) is 0 Å². The third-order valence-corrected chi connectivity index (χ3v) is 4.39. The molecule has 0 bridgehead atoms. The number of aliphatic hydroxyl groups is 1. The van der Waals surface area contributed by atoms with Crippen molar-refractivity contribution in [1.82, 2.24) is 20.6 Å². The van der Waals surface area contributed by atoms with E-state index in [1.165, 1.54) is 6.33 Å². The summed E-state index contributed by atoms with van der Waals surface area (Å²) < 4.78 is 0. The van der Waals surface area contributed by atoms with Crippen LogP contribution in [0.1, 0.15) is 11.6 Å². The molecular weight excluding hydrogens is 346 g/mol. The van der Waals surface area contributed by atoms with Gasteiger partial charge in [0.2, 0.25) is 0 Å². The Morgan fingerprint density at radius 1 is 1.04 bits per heavy atom. The molecular formula is C19H17N5O3. The smallest absolute Gasteiger partial charge is 0.322 e. The van der Waals surface area contributed by atoms with Crippen molar-refractivity contribution in [3.05, 3.63) is 54.4 Å². The second-order valence-corrected chi connectivity index (χ2v) is 6.12. The minimum Gasteiger partial charge on any atom is -0.395 e. The number of hydrogen-bond donors (Lipinski definition) is 4. The highest BCUT2D eigenvalue weighted by Crippen LogP contribution is 2.28. The van der Waals surface area contributed by atoms with E-state index in [1.54, 1.807) is 0 Å². The number of imide groups is 1. The molecule has 1 aliphatic rings. The monoisotopic (exact) mass is 363 g/mol. The summed E-state index contributed by atoms with van der Waals surface area (Å²) in [6.07, 6.45) is 1.48. The van der Waals surface area contributed by atoms with Crippen LogP contribution in [0.5, 0.6) is 0 Å².